The number of nitrogens with one attached hydrogen (secondary N) is 2. The summed E-state index contributed by atoms with van der Waals surface area (Å²) in [7, 11) is 5.31. The first-order valence-electron chi connectivity index (χ1n) is 10.5. The molecule has 0 aromatic heterocycles. The van der Waals surface area contributed by atoms with Gasteiger partial charge in [-0.25, -0.2) is 0 Å². The van der Waals surface area contributed by atoms with E-state index in [1.165, 1.54) is 11.1 Å². The fourth-order valence-corrected chi connectivity index (χ4v) is 4.45. The third-order valence-electron chi connectivity index (χ3n) is 6.13. The Morgan fingerprint density at radius 1 is 1.13 bits per heavy atom. The molecule has 1 aliphatic heterocycles. The number of guanidine groups is 1. The standard InChI is InChI=1S/C22H33N5O2.HI/c1-23-21(25-16-22(11-6-7-12-22)20(29)26(2)3)24-14-19(28)27-13-10-17-8-4-5-9-18(17)15-27;/h4-5,8-9H,6-7,10-16H2,1-3H3,(H2,23,24,25);1H. The molecule has 1 fully saturated rings. The number of amides is 2. The molecule has 1 saturated carbocycles. The van der Waals surface area contributed by atoms with Crippen LogP contribution in [0.15, 0.2) is 29.3 Å². The van der Waals surface area contributed by atoms with Crippen molar-refractivity contribution in [3.63, 3.8) is 0 Å². The maximum Gasteiger partial charge on any atom is 0.242 e. The summed E-state index contributed by atoms with van der Waals surface area (Å²) < 4.78 is 0. The second-order valence-electron chi connectivity index (χ2n) is 8.30. The van der Waals surface area contributed by atoms with Crippen molar-refractivity contribution in [3.05, 3.63) is 35.4 Å². The van der Waals surface area contributed by atoms with Crippen LogP contribution in [0.1, 0.15) is 36.8 Å². The number of carbonyl (C=O) groups excluding carboxylic acids is 2. The summed E-state index contributed by atoms with van der Waals surface area (Å²) in [5, 5.41) is 6.41. The van der Waals surface area contributed by atoms with Gasteiger partial charge in [0.2, 0.25) is 11.8 Å². The van der Waals surface area contributed by atoms with Gasteiger partial charge in [0, 0.05) is 40.8 Å². The van der Waals surface area contributed by atoms with Crippen LogP contribution in [-0.2, 0) is 22.6 Å². The van der Waals surface area contributed by atoms with Gasteiger partial charge in [0.05, 0.1) is 12.0 Å². The fraction of sp³-hybridized carbons (Fsp3) is 0.591. The summed E-state index contributed by atoms with van der Waals surface area (Å²) in [6, 6.07) is 8.29. The summed E-state index contributed by atoms with van der Waals surface area (Å²) in [6.07, 6.45) is 4.81. The number of carbonyl (C=O) groups is 2. The van der Waals surface area contributed by atoms with E-state index >= 15 is 0 Å². The molecule has 2 amide bonds. The van der Waals surface area contributed by atoms with Gasteiger partial charge in [0.25, 0.3) is 0 Å². The van der Waals surface area contributed by atoms with Crippen molar-refractivity contribution < 1.29 is 9.59 Å². The van der Waals surface area contributed by atoms with Crippen LogP contribution in [0.5, 0.6) is 0 Å². The number of fused-ring (bicyclic) bond motifs is 1. The van der Waals surface area contributed by atoms with Crippen LogP contribution < -0.4 is 10.6 Å². The number of hydrogen-bond acceptors (Lipinski definition) is 3. The van der Waals surface area contributed by atoms with Gasteiger partial charge < -0.3 is 20.4 Å². The number of nitrogens with zero attached hydrogens (tertiary/aromatic N) is 3. The number of halogens is 1. The average Bonchev–Trinajstić information content (AvgIpc) is 3.22. The van der Waals surface area contributed by atoms with Gasteiger partial charge in [0.1, 0.15) is 0 Å². The van der Waals surface area contributed by atoms with Crippen molar-refractivity contribution in [1.29, 1.82) is 0 Å². The van der Waals surface area contributed by atoms with Crippen LogP contribution in [0.3, 0.4) is 0 Å². The van der Waals surface area contributed by atoms with E-state index in [1.54, 1.807) is 11.9 Å². The van der Waals surface area contributed by atoms with Crippen molar-refractivity contribution in [2.45, 2.75) is 38.6 Å². The Kier molecular flexibility index (Phi) is 8.93. The monoisotopic (exact) mass is 527 g/mol. The Hall–Kier alpha value is -1.84. The minimum Gasteiger partial charge on any atom is -0.355 e. The Morgan fingerprint density at radius 2 is 1.80 bits per heavy atom. The highest BCUT2D eigenvalue weighted by molar-refractivity contribution is 14.0. The van der Waals surface area contributed by atoms with Crippen LogP contribution in [0.25, 0.3) is 0 Å². The van der Waals surface area contributed by atoms with Gasteiger partial charge in [-0.2, -0.15) is 0 Å². The molecule has 1 heterocycles. The lowest BCUT2D eigenvalue weighted by Crippen LogP contribution is -2.51. The van der Waals surface area contributed by atoms with Gasteiger partial charge in [-0.1, -0.05) is 37.1 Å². The molecule has 0 atom stereocenters. The van der Waals surface area contributed by atoms with Crippen LogP contribution in [0.4, 0.5) is 0 Å². The molecule has 7 nitrogen and oxygen atoms in total. The van der Waals surface area contributed by atoms with Crippen molar-refractivity contribution in [1.82, 2.24) is 20.4 Å². The van der Waals surface area contributed by atoms with Crippen molar-refractivity contribution in [3.8, 4) is 0 Å². The molecule has 0 unspecified atom stereocenters. The van der Waals surface area contributed by atoms with Gasteiger partial charge in [-0.3, -0.25) is 14.6 Å². The van der Waals surface area contributed by atoms with E-state index in [-0.39, 0.29) is 47.8 Å². The third kappa shape index (κ3) is 5.65. The maximum absolute atomic E-state index is 12.7. The first kappa shape index (κ1) is 24.4. The zero-order valence-corrected chi connectivity index (χ0v) is 20.6. The molecule has 0 bridgehead atoms. The lowest BCUT2D eigenvalue weighted by atomic mass is 9.84. The Morgan fingerprint density at radius 3 is 2.43 bits per heavy atom. The molecule has 3 rings (SSSR count). The van der Waals surface area contributed by atoms with E-state index in [2.05, 4.69) is 27.8 Å². The highest BCUT2D eigenvalue weighted by Crippen LogP contribution is 2.38. The van der Waals surface area contributed by atoms with E-state index in [4.69, 9.17) is 0 Å². The van der Waals surface area contributed by atoms with Crippen molar-refractivity contribution >= 4 is 41.8 Å². The number of benzene rings is 1. The van der Waals surface area contributed by atoms with E-state index in [1.807, 2.05) is 31.1 Å². The van der Waals surface area contributed by atoms with Gasteiger partial charge in [-0.05, 0) is 30.4 Å². The maximum atomic E-state index is 12.7. The molecule has 0 spiro atoms. The lowest BCUT2D eigenvalue weighted by Gasteiger charge is -2.32. The minimum atomic E-state index is -0.373. The molecule has 0 saturated heterocycles. The molecular weight excluding hydrogens is 493 g/mol. The highest BCUT2D eigenvalue weighted by atomic mass is 127. The topological polar surface area (TPSA) is 77.0 Å². The van der Waals surface area contributed by atoms with Crippen LogP contribution >= 0.6 is 24.0 Å². The van der Waals surface area contributed by atoms with E-state index in [0.717, 1.165) is 38.6 Å². The largest absolute Gasteiger partial charge is 0.355 e. The van der Waals surface area contributed by atoms with Gasteiger partial charge in [-0.15, -0.1) is 24.0 Å². The van der Waals surface area contributed by atoms with E-state index < -0.39 is 0 Å². The number of aliphatic imine (C=N–C) groups is 1. The molecule has 1 aliphatic carbocycles. The lowest BCUT2D eigenvalue weighted by molar-refractivity contribution is -0.139. The van der Waals surface area contributed by atoms with Crippen molar-refractivity contribution in [2.24, 2.45) is 10.4 Å². The molecule has 2 aliphatic rings. The van der Waals surface area contributed by atoms with Crippen LogP contribution in [0.2, 0.25) is 0 Å². The molecule has 0 radical (unpaired) electrons. The minimum absolute atomic E-state index is 0. The summed E-state index contributed by atoms with van der Waals surface area (Å²) in [4.78, 5) is 33.2. The second-order valence-corrected chi connectivity index (χ2v) is 8.30. The molecule has 166 valence electrons. The quantitative estimate of drug-likeness (QED) is 0.349. The predicted molar refractivity (Wildman–Crippen MR) is 130 cm³/mol. The zero-order chi connectivity index (χ0) is 20.9. The smallest absolute Gasteiger partial charge is 0.242 e. The Bertz CT molecular complexity index is 775. The van der Waals surface area contributed by atoms with Gasteiger partial charge in [0.15, 0.2) is 5.96 Å². The third-order valence-corrected chi connectivity index (χ3v) is 6.13. The van der Waals surface area contributed by atoms with Gasteiger partial charge >= 0.3 is 0 Å². The first-order valence-corrected chi connectivity index (χ1v) is 10.5. The molecule has 1 aromatic rings. The number of hydrogen-bond donors (Lipinski definition) is 2. The molecule has 1 aromatic carbocycles. The predicted octanol–water partition coefficient (Wildman–Crippen LogP) is 2.00. The SMILES string of the molecule is CN=C(NCC(=O)N1CCc2ccccc2C1)NCC1(C(=O)N(C)C)CCCC1.I. The molecule has 30 heavy (non-hydrogen) atoms. The van der Waals surface area contributed by atoms with Crippen LogP contribution in [0, 0.1) is 5.41 Å². The van der Waals surface area contributed by atoms with E-state index in [9.17, 15) is 9.59 Å². The Balaban J connectivity index is 0.00000320. The normalized spacial score (nSPS) is 17.6. The first-order chi connectivity index (χ1) is 13.9. The highest BCUT2D eigenvalue weighted by Gasteiger charge is 2.42. The second kappa shape index (κ2) is 11.0. The molecule has 2 N–H and O–H groups in total. The summed E-state index contributed by atoms with van der Waals surface area (Å²) >= 11 is 0. The summed E-state index contributed by atoms with van der Waals surface area (Å²) in [5.74, 6) is 0.789. The summed E-state index contributed by atoms with van der Waals surface area (Å²) in [6.45, 7) is 2.12. The van der Waals surface area contributed by atoms with E-state index in [0.29, 0.717) is 19.0 Å². The summed E-state index contributed by atoms with van der Waals surface area (Å²) in [5.41, 5.74) is 2.18. The average molecular weight is 527 g/mol. The zero-order valence-electron chi connectivity index (χ0n) is 18.2. The molecular formula is C22H34IN5O2. The Labute approximate surface area is 196 Å². The van der Waals surface area contributed by atoms with Crippen LogP contribution in [-0.4, -0.2) is 68.4 Å². The fourth-order valence-electron chi connectivity index (χ4n) is 4.45. The number of rotatable bonds is 5. The molecule has 8 heteroatoms. The van der Waals surface area contributed by atoms with Crippen molar-refractivity contribution in [2.75, 3.05) is 40.8 Å².